The number of rotatable bonds is 27. The van der Waals surface area contributed by atoms with Gasteiger partial charge in [-0.2, -0.15) is 0 Å². The molecule has 14 nitrogen and oxygen atoms in total. The molecule has 0 aliphatic heterocycles. The number of amides is 2. The second-order valence-corrected chi connectivity index (χ2v) is 10.1. The summed E-state index contributed by atoms with van der Waals surface area (Å²) in [6, 6.07) is 0. The lowest BCUT2D eigenvalue weighted by molar-refractivity contribution is -0.140. The van der Waals surface area contributed by atoms with Crippen LogP contribution in [0.4, 0.5) is 0 Å². The van der Waals surface area contributed by atoms with Gasteiger partial charge in [0.2, 0.25) is 11.8 Å². The van der Waals surface area contributed by atoms with E-state index in [0.29, 0.717) is 38.5 Å². The molecule has 14 heteroatoms. The smallest absolute Gasteiger partial charge is 0.317 e. The summed E-state index contributed by atoms with van der Waals surface area (Å²) in [6.07, 6.45) is 5.49. The molecule has 0 aromatic heterocycles. The fourth-order valence-electron chi connectivity index (χ4n) is 3.93. The van der Waals surface area contributed by atoms with E-state index >= 15 is 0 Å². The van der Waals surface area contributed by atoms with Gasteiger partial charge in [-0.05, 0) is 26.2 Å². The maximum absolute atomic E-state index is 12.4. The Labute approximate surface area is 241 Å². The van der Waals surface area contributed by atoms with Crippen LogP contribution in [0.3, 0.4) is 0 Å². The van der Waals surface area contributed by atoms with Gasteiger partial charge in [-0.1, -0.05) is 19.8 Å². The number of aldehydes is 2. The van der Waals surface area contributed by atoms with Gasteiger partial charge in [0.1, 0.15) is 18.4 Å². The summed E-state index contributed by atoms with van der Waals surface area (Å²) in [5.41, 5.74) is 0. The second kappa shape index (κ2) is 23.5. The molecule has 0 heterocycles. The fraction of sp³-hybridized carbons (Fsp3) is 0.741. The Morgan fingerprint density at radius 2 is 1.17 bits per heavy atom. The van der Waals surface area contributed by atoms with E-state index in [0.717, 1.165) is 25.7 Å². The van der Waals surface area contributed by atoms with Gasteiger partial charge in [0.15, 0.2) is 0 Å². The monoisotopic (exact) mass is 585 g/mol. The third-order valence-corrected chi connectivity index (χ3v) is 6.32. The molecule has 1 atom stereocenters. The number of ketones is 1. The third kappa shape index (κ3) is 22.2. The number of carboxylic acid groups (broad SMARTS) is 2. The van der Waals surface area contributed by atoms with Crippen molar-refractivity contribution in [3.8, 4) is 0 Å². The Morgan fingerprint density at radius 1 is 0.707 bits per heavy atom. The van der Waals surface area contributed by atoms with Gasteiger partial charge in [-0.3, -0.25) is 33.9 Å². The Balaban J connectivity index is 4.36. The molecule has 0 bridgehead atoms. The lowest BCUT2D eigenvalue weighted by Gasteiger charge is -2.27. The molecular formula is C27H47N5O9. The van der Waals surface area contributed by atoms with Gasteiger partial charge in [0.25, 0.3) is 0 Å². The zero-order valence-electron chi connectivity index (χ0n) is 24.3. The molecule has 0 fully saturated rings. The topological polar surface area (TPSA) is 194 Å². The largest absolute Gasteiger partial charge is 0.480 e. The van der Waals surface area contributed by atoms with Crippen molar-refractivity contribution in [1.82, 2.24) is 25.3 Å². The highest BCUT2D eigenvalue weighted by Gasteiger charge is 2.17. The molecule has 0 aromatic carbocycles. The van der Waals surface area contributed by atoms with Gasteiger partial charge in [0.05, 0.1) is 32.7 Å². The van der Waals surface area contributed by atoms with Gasteiger partial charge < -0.3 is 35.2 Å². The zero-order valence-corrected chi connectivity index (χ0v) is 24.3. The number of hydrogen-bond donors (Lipinski definition) is 4. The average molecular weight is 586 g/mol. The van der Waals surface area contributed by atoms with E-state index in [1.54, 1.807) is 16.7 Å². The molecular weight excluding hydrogens is 538 g/mol. The van der Waals surface area contributed by atoms with Gasteiger partial charge in [-0.25, -0.2) is 0 Å². The van der Waals surface area contributed by atoms with E-state index in [4.69, 9.17) is 5.11 Å². The highest BCUT2D eigenvalue weighted by Crippen LogP contribution is 2.06. The summed E-state index contributed by atoms with van der Waals surface area (Å²) < 4.78 is 0. The molecule has 1 unspecified atom stereocenters. The van der Waals surface area contributed by atoms with Crippen LogP contribution in [0, 0.1) is 5.92 Å². The quantitative estimate of drug-likeness (QED) is 0.0698. The van der Waals surface area contributed by atoms with Crippen LogP contribution < -0.4 is 10.6 Å². The molecule has 0 spiro atoms. The van der Waals surface area contributed by atoms with Crippen molar-refractivity contribution in [1.29, 1.82) is 0 Å². The van der Waals surface area contributed by atoms with Crippen molar-refractivity contribution in [3.63, 3.8) is 0 Å². The summed E-state index contributed by atoms with van der Waals surface area (Å²) in [4.78, 5) is 84.1. The average Bonchev–Trinajstić information content (AvgIpc) is 2.89. The third-order valence-electron chi connectivity index (χ3n) is 6.32. The molecule has 0 aromatic rings. The zero-order chi connectivity index (χ0) is 31.0. The molecule has 0 saturated carbocycles. The van der Waals surface area contributed by atoms with Crippen molar-refractivity contribution in [2.24, 2.45) is 5.92 Å². The van der Waals surface area contributed by atoms with E-state index in [1.165, 1.54) is 11.8 Å². The fourth-order valence-corrected chi connectivity index (χ4v) is 3.93. The summed E-state index contributed by atoms with van der Waals surface area (Å²) in [6.45, 7) is 4.35. The first-order valence-electron chi connectivity index (χ1n) is 14.0. The Kier molecular flexibility index (Phi) is 21.6. The van der Waals surface area contributed by atoms with Crippen molar-refractivity contribution in [2.75, 3.05) is 72.0 Å². The van der Waals surface area contributed by atoms with Crippen LogP contribution in [0.25, 0.3) is 0 Å². The van der Waals surface area contributed by atoms with E-state index < -0.39 is 11.9 Å². The Bertz CT molecular complexity index is 840. The number of aliphatic carboxylic acids is 2. The summed E-state index contributed by atoms with van der Waals surface area (Å²) in [5.74, 6) is -2.62. The van der Waals surface area contributed by atoms with E-state index in [1.807, 2.05) is 0 Å². The SMILES string of the molecule is CC(=O)CCC(C)C(=O)NCCCCCCNC(=O)CN(CC=O)CCN(CCN(CC=O)CC(=O)O)CC(=O)O. The maximum atomic E-state index is 12.4. The summed E-state index contributed by atoms with van der Waals surface area (Å²) in [5, 5.41) is 23.9. The van der Waals surface area contributed by atoms with Crippen LogP contribution in [-0.4, -0.2) is 139 Å². The first-order chi connectivity index (χ1) is 19.5. The number of carbonyl (C=O) groups is 7. The molecule has 0 radical (unpaired) electrons. The number of nitrogens with one attached hydrogen (secondary N) is 2. The molecule has 234 valence electrons. The highest BCUT2D eigenvalue weighted by atomic mass is 16.4. The minimum atomic E-state index is -1.10. The highest BCUT2D eigenvalue weighted by molar-refractivity contribution is 5.80. The maximum Gasteiger partial charge on any atom is 0.317 e. The van der Waals surface area contributed by atoms with Crippen molar-refractivity contribution in [2.45, 2.75) is 52.4 Å². The summed E-state index contributed by atoms with van der Waals surface area (Å²) >= 11 is 0. The van der Waals surface area contributed by atoms with Crippen molar-refractivity contribution in [3.05, 3.63) is 0 Å². The first-order valence-corrected chi connectivity index (χ1v) is 14.0. The Hall–Kier alpha value is -3.23. The standard InChI is InChI=1S/C27H47N5O9/c1-22(7-8-23(2)35)27(41)29-10-6-4-3-5-9-28-24(36)19-31(15-17-33)13-11-30(20-25(37)38)12-14-32(16-18-34)21-26(39)40/h17-18,22H,3-16,19-21H2,1-2H3,(H,28,36)(H,29,41)(H,37,38)(H,39,40). The molecule has 0 aliphatic rings. The van der Waals surface area contributed by atoms with Gasteiger partial charge in [-0.15, -0.1) is 0 Å². The predicted molar refractivity (Wildman–Crippen MR) is 150 cm³/mol. The number of carboxylic acids is 2. The summed E-state index contributed by atoms with van der Waals surface area (Å²) in [7, 11) is 0. The minimum absolute atomic E-state index is 0.0102. The van der Waals surface area contributed by atoms with Gasteiger partial charge >= 0.3 is 11.9 Å². The predicted octanol–water partition coefficient (Wildman–Crippen LogP) is -0.742. The lowest BCUT2D eigenvalue weighted by atomic mass is 10.0. The molecule has 41 heavy (non-hydrogen) atoms. The van der Waals surface area contributed by atoms with E-state index in [2.05, 4.69) is 10.6 Å². The van der Waals surface area contributed by atoms with E-state index in [-0.39, 0.29) is 82.4 Å². The number of Topliss-reactive ketones (excluding diaryl/α,β-unsaturated/α-hetero) is 1. The van der Waals surface area contributed by atoms with Crippen molar-refractivity contribution < 1.29 is 43.8 Å². The number of hydrogen-bond acceptors (Lipinski definition) is 10. The molecule has 0 aliphatic carbocycles. The molecule has 4 N–H and O–H groups in total. The number of unbranched alkanes of at least 4 members (excludes halogenated alkanes) is 3. The minimum Gasteiger partial charge on any atom is -0.480 e. The molecule has 2 amide bonds. The van der Waals surface area contributed by atoms with Crippen LogP contribution in [-0.2, 0) is 33.6 Å². The van der Waals surface area contributed by atoms with Crippen LogP contribution in [0.15, 0.2) is 0 Å². The second-order valence-electron chi connectivity index (χ2n) is 10.1. The molecule has 0 rings (SSSR count). The lowest BCUT2D eigenvalue weighted by Crippen LogP contribution is -2.45. The Morgan fingerprint density at radius 3 is 1.66 bits per heavy atom. The van der Waals surface area contributed by atoms with E-state index in [9.17, 15) is 38.7 Å². The first kappa shape index (κ1) is 37.8. The normalized spacial score (nSPS) is 11.8. The number of carbonyl (C=O) groups excluding carboxylic acids is 5. The van der Waals surface area contributed by atoms with Crippen LogP contribution >= 0.6 is 0 Å². The van der Waals surface area contributed by atoms with Crippen LogP contribution in [0.5, 0.6) is 0 Å². The van der Waals surface area contributed by atoms with Crippen LogP contribution in [0.2, 0.25) is 0 Å². The van der Waals surface area contributed by atoms with Crippen molar-refractivity contribution >= 4 is 42.1 Å². The van der Waals surface area contributed by atoms with Crippen LogP contribution in [0.1, 0.15) is 52.4 Å². The molecule has 0 saturated heterocycles. The van der Waals surface area contributed by atoms with Gasteiger partial charge in [0, 0.05) is 51.6 Å². The number of nitrogens with zero attached hydrogens (tertiary/aromatic N) is 3.